The fourth-order valence-electron chi connectivity index (χ4n) is 1.30. The summed E-state index contributed by atoms with van der Waals surface area (Å²) in [6.07, 6.45) is 0. The van der Waals surface area contributed by atoms with Crippen LogP contribution in [0.2, 0.25) is 0 Å². The van der Waals surface area contributed by atoms with Crippen LogP contribution in [-0.2, 0) is 0 Å². The van der Waals surface area contributed by atoms with Crippen LogP contribution in [0.25, 0.3) is 10.4 Å². The van der Waals surface area contributed by atoms with Gasteiger partial charge in [-0.15, -0.1) is 11.3 Å². The van der Waals surface area contributed by atoms with E-state index in [1.807, 2.05) is 0 Å². The van der Waals surface area contributed by atoms with Gasteiger partial charge in [0.05, 0.1) is 5.56 Å². The molecule has 0 amide bonds. The Hall–Kier alpha value is -1.82. The summed E-state index contributed by atoms with van der Waals surface area (Å²) in [5.74, 6) is -5.27. The van der Waals surface area contributed by atoms with E-state index in [9.17, 15) is 18.0 Å². The molecule has 2 aromatic rings. The van der Waals surface area contributed by atoms with Gasteiger partial charge in [-0.3, -0.25) is 0 Å². The van der Waals surface area contributed by atoms with E-state index in [4.69, 9.17) is 5.11 Å². The van der Waals surface area contributed by atoms with E-state index in [2.05, 4.69) is 0 Å². The third-order valence-electron chi connectivity index (χ3n) is 2.11. The number of hydrogen-bond acceptors (Lipinski definition) is 2. The molecular formula is C11H5F3O2S. The molecule has 0 saturated carbocycles. The summed E-state index contributed by atoms with van der Waals surface area (Å²) < 4.78 is 38.6. The van der Waals surface area contributed by atoms with Gasteiger partial charge < -0.3 is 5.11 Å². The van der Waals surface area contributed by atoms with Crippen molar-refractivity contribution < 1.29 is 23.1 Å². The molecule has 2 nitrogen and oxygen atoms in total. The van der Waals surface area contributed by atoms with Gasteiger partial charge in [-0.25, -0.2) is 18.0 Å². The summed E-state index contributed by atoms with van der Waals surface area (Å²) in [7, 11) is 0. The minimum Gasteiger partial charge on any atom is -0.478 e. The van der Waals surface area contributed by atoms with E-state index in [0.717, 1.165) is 23.5 Å². The summed E-state index contributed by atoms with van der Waals surface area (Å²) in [5.41, 5.74) is 0.133. The molecule has 1 aromatic carbocycles. The average molecular weight is 258 g/mol. The van der Waals surface area contributed by atoms with Crippen molar-refractivity contribution in [3.05, 3.63) is 46.6 Å². The number of carbonyl (C=O) groups is 1. The topological polar surface area (TPSA) is 37.3 Å². The van der Waals surface area contributed by atoms with Gasteiger partial charge in [0, 0.05) is 10.3 Å². The predicted octanol–water partition coefficient (Wildman–Crippen LogP) is 3.53. The third-order valence-corrected chi connectivity index (χ3v) is 3.09. The first kappa shape index (κ1) is 11.7. The van der Waals surface area contributed by atoms with Crippen molar-refractivity contribution in [1.29, 1.82) is 0 Å². The maximum atomic E-state index is 13.0. The maximum absolute atomic E-state index is 13.0. The van der Waals surface area contributed by atoms with Crippen molar-refractivity contribution in [1.82, 2.24) is 0 Å². The van der Waals surface area contributed by atoms with E-state index < -0.39 is 23.4 Å². The monoisotopic (exact) mass is 258 g/mol. The number of carboxylic acid groups (broad SMARTS) is 1. The molecule has 6 heteroatoms. The first-order valence-corrected chi connectivity index (χ1v) is 5.33. The summed E-state index contributed by atoms with van der Waals surface area (Å²) in [5, 5.41) is 10.0. The first-order valence-electron chi connectivity index (χ1n) is 4.46. The SMILES string of the molecule is O=C(O)c1csc(-c2cc(F)c(F)c(F)c2)c1. The van der Waals surface area contributed by atoms with Crippen LogP contribution in [0.5, 0.6) is 0 Å². The molecule has 0 aliphatic rings. The van der Waals surface area contributed by atoms with Crippen molar-refractivity contribution in [3.8, 4) is 10.4 Å². The van der Waals surface area contributed by atoms with E-state index in [1.165, 1.54) is 11.4 Å². The number of thiophene rings is 1. The second-order valence-corrected chi connectivity index (χ2v) is 4.17. The van der Waals surface area contributed by atoms with Crippen molar-refractivity contribution in [3.63, 3.8) is 0 Å². The fraction of sp³-hybridized carbons (Fsp3) is 0. The molecule has 0 radical (unpaired) electrons. The molecule has 0 saturated heterocycles. The summed E-state index contributed by atoms with van der Waals surface area (Å²) in [6.45, 7) is 0. The molecule has 0 spiro atoms. The van der Waals surface area contributed by atoms with Crippen molar-refractivity contribution >= 4 is 17.3 Å². The van der Waals surface area contributed by atoms with E-state index >= 15 is 0 Å². The predicted molar refractivity (Wildman–Crippen MR) is 56.6 cm³/mol. The van der Waals surface area contributed by atoms with Crippen LogP contribution in [0, 0.1) is 17.5 Å². The average Bonchev–Trinajstić information content (AvgIpc) is 2.74. The van der Waals surface area contributed by atoms with E-state index in [1.54, 1.807) is 0 Å². The van der Waals surface area contributed by atoms with Gasteiger partial charge in [0.15, 0.2) is 17.5 Å². The molecule has 88 valence electrons. The van der Waals surface area contributed by atoms with Gasteiger partial charge >= 0.3 is 5.97 Å². The number of rotatable bonds is 2. The standard InChI is InChI=1S/C11H5F3O2S/c12-7-1-5(2-8(13)10(7)14)9-3-6(4-17-9)11(15)16/h1-4H,(H,15,16). The Bertz CT molecular complexity index is 569. The molecule has 0 bridgehead atoms. The highest BCUT2D eigenvalue weighted by Gasteiger charge is 2.14. The van der Waals surface area contributed by atoms with E-state index in [-0.39, 0.29) is 11.1 Å². The smallest absolute Gasteiger partial charge is 0.336 e. The Morgan fingerprint density at radius 1 is 1.12 bits per heavy atom. The van der Waals surface area contributed by atoms with Gasteiger partial charge in [-0.2, -0.15) is 0 Å². The lowest BCUT2D eigenvalue weighted by atomic mass is 10.1. The van der Waals surface area contributed by atoms with Gasteiger partial charge in [0.25, 0.3) is 0 Å². The zero-order valence-corrected chi connectivity index (χ0v) is 9.02. The van der Waals surface area contributed by atoms with Crippen LogP contribution < -0.4 is 0 Å². The molecule has 1 N–H and O–H groups in total. The summed E-state index contributed by atoms with van der Waals surface area (Å²) >= 11 is 1.02. The molecule has 17 heavy (non-hydrogen) atoms. The van der Waals surface area contributed by atoms with Crippen LogP contribution in [0.1, 0.15) is 10.4 Å². The van der Waals surface area contributed by atoms with Crippen molar-refractivity contribution in [2.24, 2.45) is 0 Å². The molecule has 2 rings (SSSR count). The number of aromatic carboxylic acids is 1. The molecule has 1 aromatic heterocycles. The zero-order valence-electron chi connectivity index (χ0n) is 8.21. The normalized spacial score (nSPS) is 10.5. The van der Waals surface area contributed by atoms with Crippen LogP contribution in [0.4, 0.5) is 13.2 Å². The highest BCUT2D eigenvalue weighted by Crippen LogP contribution is 2.29. The summed E-state index contributed by atoms with van der Waals surface area (Å²) in [6, 6.07) is 2.94. The second-order valence-electron chi connectivity index (χ2n) is 3.26. The molecule has 1 heterocycles. The lowest BCUT2D eigenvalue weighted by Crippen LogP contribution is -1.92. The Labute approximate surface area is 97.9 Å². The second kappa shape index (κ2) is 4.21. The van der Waals surface area contributed by atoms with Gasteiger partial charge in [0.2, 0.25) is 0 Å². The number of benzene rings is 1. The molecular weight excluding hydrogens is 253 g/mol. The fourth-order valence-corrected chi connectivity index (χ4v) is 2.17. The highest BCUT2D eigenvalue weighted by molar-refractivity contribution is 7.13. The van der Waals surface area contributed by atoms with Crippen molar-refractivity contribution in [2.75, 3.05) is 0 Å². The largest absolute Gasteiger partial charge is 0.478 e. The Kier molecular flexibility index (Phi) is 2.89. The molecule has 0 fully saturated rings. The molecule has 0 atom stereocenters. The maximum Gasteiger partial charge on any atom is 0.336 e. The Balaban J connectivity index is 2.49. The van der Waals surface area contributed by atoms with Crippen LogP contribution in [0.15, 0.2) is 23.6 Å². The number of hydrogen-bond donors (Lipinski definition) is 1. The zero-order chi connectivity index (χ0) is 12.6. The lowest BCUT2D eigenvalue weighted by Gasteiger charge is -2.00. The Morgan fingerprint density at radius 3 is 2.18 bits per heavy atom. The summed E-state index contributed by atoms with van der Waals surface area (Å²) in [4.78, 5) is 11.0. The number of halogens is 3. The first-order chi connectivity index (χ1) is 7.99. The van der Waals surface area contributed by atoms with E-state index in [0.29, 0.717) is 4.88 Å². The van der Waals surface area contributed by atoms with Crippen molar-refractivity contribution in [2.45, 2.75) is 0 Å². The molecule has 0 aliphatic carbocycles. The Morgan fingerprint density at radius 2 is 1.71 bits per heavy atom. The minimum atomic E-state index is -1.54. The minimum absolute atomic E-state index is 0.0233. The third kappa shape index (κ3) is 2.16. The van der Waals surface area contributed by atoms with Gasteiger partial charge in [0.1, 0.15) is 0 Å². The molecule has 0 unspecified atom stereocenters. The highest BCUT2D eigenvalue weighted by atomic mass is 32.1. The van der Waals surface area contributed by atoms with Crippen LogP contribution >= 0.6 is 11.3 Å². The molecule has 0 aliphatic heterocycles. The van der Waals surface area contributed by atoms with Gasteiger partial charge in [-0.05, 0) is 23.8 Å². The quantitative estimate of drug-likeness (QED) is 0.837. The van der Waals surface area contributed by atoms with Gasteiger partial charge in [-0.1, -0.05) is 0 Å². The van der Waals surface area contributed by atoms with Crippen LogP contribution in [0.3, 0.4) is 0 Å². The number of carboxylic acids is 1. The van der Waals surface area contributed by atoms with Crippen LogP contribution in [-0.4, -0.2) is 11.1 Å². The lowest BCUT2D eigenvalue weighted by molar-refractivity contribution is 0.0697.